The molecule has 0 saturated carbocycles. The molecule has 0 spiro atoms. The van der Waals surface area contributed by atoms with Gasteiger partial charge in [-0.1, -0.05) is 11.6 Å². The highest BCUT2D eigenvalue weighted by molar-refractivity contribution is 6.30. The fraction of sp³-hybridized carbons (Fsp3) is 0.455. The number of non-ortho nitro benzene ring substituents is 1. The number of ether oxygens (including phenoxy) is 2. The van der Waals surface area contributed by atoms with Crippen molar-refractivity contribution in [2.24, 2.45) is 0 Å². The van der Waals surface area contributed by atoms with Gasteiger partial charge in [0, 0.05) is 18.9 Å². The molecule has 1 fully saturated rings. The van der Waals surface area contributed by atoms with Crippen molar-refractivity contribution in [3.63, 3.8) is 0 Å². The van der Waals surface area contributed by atoms with Gasteiger partial charge in [-0.25, -0.2) is 0 Å². The molecule has 0 amide bonds. The predicted octanol–water partition coefficient (Wildman–Crippen LogP) is 2.81. The van der Waals surface area contributed by atoms with Gasteiger partial charge in [-0.3, -0.25) is 10.1 Å². The highest BCUT2D eigenvalue weighted by Gasteiger charge is 2.17. The quantitative estimate of drug-likeness (QED) is 0.617. The Morgan fingerprint density at radius 1 is 1.35 bits per heavy atom. The third-order valence-electron chi connectivity index (χ3n) is 2.54. The third-order valence-corrected chi connectivity index (χ3v) is 2.76. The molecule has 0 aromatic heterocycles. The molecule has 1 aromatic carbocycles. The van der Waals surface area contributed by atoms with Crippen molar-refractivity contribution in [3.05, 3.63) is 33.3 Å². The number of hydrogen-bond donors (Lipinski definition) is 0. The maximum absolute atomic E-state index is 10.7. The molecule has 1 heterocycles. The van der Waals surface area contributed by atoms with Crippen molar-refractivity contribution in [1.82, 2.24) is 0 Å². The molecule has 0 bridgehead atoms. The minimum Gasteiger partial charge on any atom is -0.490 e. The van der Waals surface area contributed by atoms with E-state index < -0.39 is 4.92 Å². The zero-order valence-corrected chi connectivity index (χ0v) is 9.85. The molecule has 1 saturated heterocycles. The van der Waals surface area contributed by atoms with Crippen molar-refractivity contribution >= 4 is 17.3 Å². The number of nitrogens with zero attached hydrogens (tertiary/aromatic N) is 1. The van der Waals surface area contributed by atoms with Crippen molar-refractivity contribution < 1.29 is 14.4 Å². The molecule has 1 aliphatic heterocycles. The van der Waals surface area contributed by atoms with Gasteiger partial charge in [0.1, 0.15) is 11.9 Å². The maximum atomic E-state index is 10.7. The van der Waals surface area contributed by atoms with Crippen LogP contribution in [0.3, 0.4) is 0 Å². The topological polar surface area (TPSA) is 61.6 Å². The van der Waals surface area contributed by atoms with Crippen LogP contribution < -0.4 is 4.74 Å². The smallest absolute Gasteiger partial charge is 0.274 e. The molecule has 17 heavy (non-hydrogen) atoms. The van der Waals surface area contributed by atoms with Crippen molar-refractivity contribution in [1.29, 1.82) is 0 Å². The van der Waals surface area contributed by atoms with E-state index in [4.69, 9.17) is 21.1 Å². The number of rotatable bonds is 3. The van der Waals surface area contributed by atoms with Crippen LogP contribution >= 0.6 is 11.6 Å². The van der Waals surface area contributed by atoms with Crippen LogP contribution in [0.4, 0.5) is 5.69 Å². The van der Waals surface area contributed by atoms with Crippen LogP contribution in [0.15, 0.2) is 18.2 Å². The summed E-state index contributed by atoms with van der Waals surface area (Å²) in [6, 6.07) is 4.28. The van der Waals surface area contributed by atoms with Crippen LogP contribution in [0.5, 0.6) is 5.75 Å². The normalized spacial score (nSPS) is 16.8. The monoisotopic (exact) mass is 257 g/mol. The molecular formula is C11H12ClNO4. The van der Waals surface area contributed by atoms with Gasteiger partial charge in [-0.2, -0.15) is 0 Å². The van der Waals surface area contributed by atoms with Gasteiger partial charge in [0.2, 0.25) is 0 Å². The average molecular weight is 258 g/mol. The van der Waals surface area contributed by atoms with Crippen molar-refractivity contribution in [3.8, 4) is 5.75 Å². The molecule has 92 valence electrons. The lowest BCUT2D eigenvalue weighted by Gasteiger charge is -2.23. The molecule has 0 unspecified atom stereocenters. The highest BCUT2D eigenvalue weighted by Crippen LogP contribution is 2.27. The van der Waals surface area contributed by atoms with Gasteiger partial charge in [0.25, 0.3) is 5.69 Å². The Hall–Kier alpha value is -1.33. The fourth-order valence-electron chi connectivity index (χ4n) is 1.71. The predicted molar refractivity (Wildman–Crippen MR) is 62.6 cm³/mol. The summed E-state index contributed by atoms with van der Waals surface area (Å²) in [5, 5.41) is 11.0. The maximum Gasteiger partial charge on any atom is 0.274 e. The van der Waals surface area contributed by atoms with Crippen LogP contribution in [0.25, 0.3) is 0 Å². The molecule has 0 atom stereocenters. The Kier molecular flexibility index (Phi) is 3.81. The standard InChI is InChI=1S/C11H12ClNO4/c12-8-5-9(13(14)15)7-11(6-8)17-10-1-3-16-4-2-10/h5-7,10H,1-4H2. The zero-order valence-electron chi connectivity index (χ0n) is 9.10. The molecule has 6 heteroatoms. The number of halogens is 1. The Bertz CT molecular complexity index is 418. The number of nitro benzene ring substituents is 1. The van der Waals surface area contributed by atoms with E-state index in [0.717, 1.165) is 12.8 Å². The first kappa shape index (κ1) is 12.1. The summed E-state index contributed by atoms with van der Waals surface area (Å²) in [4.78, 5) is 10.2. The summed E-state index contributed by atoms with van der Waals surface area (Å²) < 4.78 is 10.9. The van der Waals surface area contributed by atoms with E-state index >= 15 is 0 Å². The summed E-state index contributed by atoms with van der Waals surface area (Å²) in [6.45, 7) is 1.32. The van der Waals surface area contributed by atoms with Gasteiger partial charge in [0.05, 0.1) is 29.2 Å². The molecule has 1 aromatic rings. The van der Waals surface area contributed by atoms with E-state index in [1.807, 2.05) is 0 Å². The highest BCUT2D eigenvalue weighted by atomic mass is 35.5. The van der Waals surface area contributed by atoms with E-state index in [1.165, 1.54) is 12.1 Å². The summed E-state index contributed by atoms with van der Waals surface area (Å²) in [5.74, 6) is 0.441. The molecule has 0 aliphatic carbocycles. The first-order valence-corrected chi connectivity index (χ1v) is 5.72. The van der Waals surface area contributed by atoms with Crippen molar-refractivity contribution in [2.45, 2.75) is 18.9 Å². The van der Waals surface area contributed by atoms with Crippen LogP contribution in [0, 0.1) is 10.1 Å². The van der Waals surface area contributed by atoms with E-state index in [9.17, 15) is 10.1 Å². The summed E-state index contributed by atoms with van der Waals surface area (Å²) in [7, 11) is 0. The van der Waals surface area contributed by atoms with E-state index in [-0.39, 0.29) is 11.8 Å². The number of benzene rings is 1. The fourth-order valence-corrected chi connectivity index (χ4v) is 1.93. The van der Waals surface area contributed by atoms with E-state index in [1.54, 1.807) is 6.07 Å². The van der Waals surface area contributed by atoms with Gasteiger partial charge < -0.3 is 9.47 Å². The minimum atomic E-state index is -0.483. The Morgan fingerprint density at radius 2 is 2.06 bits per heavy atom. The number of hydrogen-bond acceptors (Lipinski definition) is 4. The van der Waals surface area contributed by atoms with Gasteiger partial charge >= 0.3 is 0 Å². The Balaban J connectivity index is 2.11. The first-order chi connectivity index (χ1) is 8.15. The Morgan fingerprint density at radius 3 is 2.71 bits per heavy atom. The SMILES string of the molecule is O=[N+]([O-])c1cc(Cl)cc(OC2CCOCC2)c1. The largest absolute Gasteiger partial charge is 0.490 e. The van der Waals surface area contributed by atoms with Gasteiger partial charge in [-0.05, 0) is 6.07 Å². The average Bonchev–Trinajstić information content (AvgIpc) is 2.29. The second kappa shape index (κ2) is 5.33. The third kappa shape index (κ3) is 3.31. The lowest BCUT2D eigenvalue weighted by Crippen LogP contribution is -2.25. The van der Waals surface area contributed by atoms with E-state index in [2.05, 4.69) is 0 Å². The zero-order chi connectivity index (χ0) is 12.3. The van der Waals surface area contributed by atoms with Crippen LogP contribution in [-0.2, 0) is 4.74 Å². The summed E-state index contributed by atoms with van der Waals surface area (Å²) in [5.41, 5.74) is -0.0560. The molecular weight excluding hydrogens is 246 g/mol. The van der Waals surface area contributed by atoms with Gasteiger partial charge in [0.15, 0.2) is 0 Å². The Labute approximate surface area is 103 Å². The van der Waals surface area contributed by atoms with Crippen LogP contribution in [-0.4, -0.2) is 24.2 Å². The molecule has 1 aliphatic rings. The minimum absolute atomic E-state index is 0.0434. The van der Waals surface area contributed by atoms with Crippen LogP contribution in [0.2, 0.25) is 5.02 Å². The summed E-state index contributed by atoms with van der Waals surface area (Å²) in [6.07, 6.45) is 1.63. The van der Waals surface area contributed by atoms with Crippen molar-refractivity contribution in [2.75, 3.05) is 13.2 Å². The molecule has 0 N–H and O–H groups in total. The molecule has 2 rings (SSSR count). The van der Waals surface area contributed by atoms with E-state index in [0.29, 0.717) is 24.0 Å². The molecule has 5 nitrogen and oxygen atoms in total. The second-order valence-corrected chi connectivity index (χ2v) is 4.27. The lowest BCUT2D eigenvalue weighted by molar-refractivity contribution is -0.384. The van der Waals surface area contributed by atoms with Crippen LogP contribution in [0.1, 0.15) is 12.8 Å². The summed E-state index contributed by atoms with van der Waals surface area (Å²) >= 11 is 5.80. The second-order valence-electron chi connectivity index (χ2n) is 3.83. The van der Waals surface area contributed by atoms with Gasteiger partial charge in [-0.15, -0.1) is 0 Å². The molecule has 0 radical (unpaired) electrons. The number of nitro groups is 1. The lowest BCUT2D eigenvalue weighted by atomic mass is 10.1. The first-order valence-electron chi connectivity index (χ1n) is 5.34.